The Labute approximate surface area is 112 Å². The lowest BCUT2D eigenvalue weighted by atomic mass is 9.99. The molecule has 1 saturated carbocycles. The first-order valence-electron chi connectivity index (χ1n) is 6.84. The van der Waals surface area contributed by atoms with Gasteiger partial charge in [0, 0.05) is 12.6 Å². The third kappa shape index (κ3) is 2.87. The third-order valence-electron chi connectivity index (χ3n) is 3.92. The summed E-state index contributed by atoms with van der Waals surface area (Å²) in [5, 5.41) is 12.0. The maximum Gasteiger partial charge on any atom is 0.147 e. The van der Waals surface area contributed by atoms with Crippen LogP contribution in [0.1, 0.15) is 31.2 Å². The summed E-state index contributed by atoms with van der Waals surface area (Å²) in [4.78, 5) is 0. The molecule has 1 aliphatic heterocycles. The number of hydrogen-bond acceptors (Lipinski definition) is 3. The fraction of sp³-hybridized carbons (Fsp3) is 0.533. The maximum atomic E-state index is 13.8. The number of hydrogen-bond donors (Lipinski definition) is 1. The van der Waals surface area contributed by atoms with E-state index < -0.39 is 0 Å². The lowest BCUT2D eigenvalue weighted by molar-refractivity contribution is -0.00222. The molecule has 3 rings (SSSR count). The van der Waals surface area contributed by atoms with E-state index in [-0.39, 0.29) is 11.9 Å². The van der Waals surface area contributed by atoms with E-state index >= 15 is 0 Å². The fourth-order valence-corrected chi connectivity index (χ4v) is 2.68. The Kier molecular flexibility index (Phi) is 3.39. The molecule has 1 heterocycles. The van der Waals surface area contributed by atoms with Crippen LogP contribution >= 0.6 is 0 Å². The van der Waals surface area contributed by atoms with Crippen molar-refractivity contribution >= 4 is 5.69 Å². The predicted molar refractivity (Wildman–Crippen MR) is 70.2 cm³/mol. The first kappa shape index (κ1) is 12.4. The molecule has 1 aromatic rings. The SMILES string of the molecule is N#Cc1ccc(NC2CCOC(C3CC3)C2)c(F)c1. The normalized spacial score (nSPS) is 26.7. The Balaban J connectivity index is 1.65. The van der Waals surface area contributed by atoms with Crippen LogP contribution in [0.25, 0.3) is 0 Å². The van der Waals surface area contributed by atoms with Crippen molar-refractivity contribution in [1.82, 2.24) is 0 Å². The van der Waals surface area contributed by atoms with Gasteiger partial charge in [0.05, 0.1) is 23.4 Å². The van der Waals surface area contributed by atoms with Crippen molar-refractivity contribution in [3.63, 3.8) is 0 Å². The van der Waals surface area contributed by atoms with E-state index in [2.05, 4.69) is 5.32 Å². The fourth-order valence-electron chi connectivity index (χ4n) is 2.68. The van der Waals surface area contributed by atoms with Crippen LogP contribution in [0.5, 0.6) is 0 Å². The lowest BCUT2D eigenvalue weighted by Gasteiger charge is -2.31. The van der Waals surface area contributed by atoms with Crippen LogP contribution in [0.15, 0.2) is 18.2 Å². The van der Waals surface area contributed by atoms with Crippen molar-refractivity contribution in [2.24, 2.45) is 5.92 Å². The first-order valence-corrected chi connectivity index (χ1v) is 6.84. The van der Waals surface area contributed by atoms with Gasteiger partial charge in [0.25, 0.3) is 0 Å². The summed E-state index contributed by atoms with van der Waals surface area (Å²) in [7, 11) is 0. The van der Waals surface area contributed by atoms with E-state index in [1.165, 1.54) is 18.9 Å². The van der Waals surface area contributed by atoms with Gasteiger partial charge in [0.2, 0.25) is 0 Å². The summed E-state index contributed by atoms with van der Waals surface area (Å²) in [5.41, 5.74) is 0.839. The topological polar surface area (TPSA) is 45.0 Å². The van der Waals surface area contributed by atoms with E-state index in [1.807, 2.05) is 6.07 Å². The maximum absolute atomic E-state index is 13.8. The summed E-state index contributed by atoms with van der Waals surface area (Å²) < 4.78 is 19.6. The summed E-state index contributed by atoms with van der Waals surface area (Å²) in [6.45, 7) is 0.747. The Morgan fingerprint density at radius 3 is 2.84 bits per heavy atom. The molecule has 4 heteroatoms. The van der Waals surface area contributed by atoms with Crippen molar-refractivity contribution in [1.29, 1.82) is 5.26 Å². The molecule has 1 saturated heterocycles. The van der Waals surface area contributed by atoms with Crippen LogP contribution in [-0.2, 0) is 4.74 Å². The molecule has 1 aromatic carbocycles. The molecular formula is C15H17FN2O. The third-order valence-corrected chi connectivity index (χ3v) is 3.92. The highest BCUT2D eigenvalue weighted by Crippen LogP contribution is 2.38. The van der Waals surface area contributed by atoms with Crippen LogP contribution in [0.3, 0.4) is 0 Å². The molecule has 1 N–H and O–H groups in total. The van der Waals surface area contributed by atoms with Crippen molar-refractivity contribution in [3.8, 4) is 6.07 Å². The average molecular weight is 260 g/mol. The van der Waals surface area contributed by atoms with Gasteiger partial charge < -0.3 is 10.1 Å². The second-order valence-electron chi connectivity index (χ2n) is 5.42. The number of anilines is 1. The molecule has 0 spiro atoms. The van der Waals surface area contributed by atoms with E-state index in [4.69, 9.17) is 10.00 Å². The Morgan fingerprint density at radius 2 is 2.16 bits per heavy atom. The number of nitriles is 1. The Morgan fingerprint density at radius 1 is 1.32 bits per heavy atom. The van der Waals surface area contributed by atoms with E-state index in [1.54, 1.807) is 12.1 Å². The van der Waals surface area contributed by atoms with Crippen molar-refractivity contribution in [3.05, 3.63) is 29.6 Å². The molecular weight excluding hydrogens is 243 g/mol. The molecule has 0 radical (unpaired) electrons. The molecule has 19 heavy (non-hydrogen) atoms. The zero-order valence-corrected chi connectivity index (χ0v) is 10.7. The van der Waals surface area contributed by atoms with Crippen molar-refractivity contribution in [2.75, 3.05) is 11.9 Å². The first-order chi connectivity index (χ1) is 9.26. The van der Waals surface area contributed by atoms with Crippen LogP contribution in [0, 0.1) is 23.1 Å². The lowest BCUT2D eigenvalue weighted by Crippen LogP contribution is -2.35. The quantitative estimate of drug-likeness (QED) is 0.908. The van der Waals surface area contributed by atoms with E-state index in [0.29, 0.717) is 17.4 Å². The van der Waals surface area contributed by atoms with Gasteiger partial charge >= 0.3 is 0 Å². The standard InChI is InChI=1S/C15H17FN2O/c16-13-7-10(9-17)1-4-14(13)18-12-5-6-19-15(8-12)11-2-3-11/h1,4,7,11-12,15,18H,2-3,5-6,8H2. The number of nitrogens with zero attached hydrogens (tertiary/aromatic N) is 1. The van der Waals surface area contributed by atoms with Gasteiger partial charge in [-0.15, -0.1) is 0 Å². The van der Waals surface area contributed by atoms with Crippen LogP contribution < -0.4 is 5.32 Å². The number of nitrogens with one attached hydrogen (secondary N) is 1. The highest BCUT2D eigenvalue weighted by molar-refractivity contribution is 5.49. The minimum atomic E-state index is -0.353. The number of halogens is 1. The monoisotopic (exact) mass is 260 g/mol. The summed E-state index contributed by atoms with van der Waals surface area (Å²) in [6, 6.07) is 6.77. The summed E-state index contributed by atoms with van der Waals surface area (Å²) >= 11 is 0. The van der Waals surface area contributed by atoms with Gasteiger partial charge in [-0.05, 0) is 49.8 Å². The van der Waals surface area contributed by atoms with Gasteiger partial charge in [-0.3, -0.25) is 0 Å². The number of benzene rings is 1. The highest BCUT2D eigenvalue weighted by atomic mass is 19.1. The van der Waals surface area contributed by atoms with Gasteiger partial charge in [0.15, 0.2) is 0 Å². The smallest absolute Gasteiger partial charge is 0.147 e. The summed E-state index contributed by atoms with van der Waals surface area (Å²) in [6.07, 6.45) is 4.73. The predicted octanol–water partition coefficient (Wildman–Crippen LogP) is 3.07. The molecule has 2 aliphatic rings. The number of rotatable bonds is 3. The molecule has 1 aliphatic carbocycles. The molecule has 2 unspecified atom stereocenters. The molecule has 3 nitrogen and oxygen atoms in total. The molecule has 0 aromatic heterocycles. The van der Waals surface area contributed by atoms with Crippen LogP contribution in [0.2, 0.25) is 0 Å². The van der Waals surface area contributed by atoms with E-state index in [9.17, 15) is 4.39 Å². The van der Waals surface area contributed by atoms with Crippen molar-refractivity contribution in [2.45, 2.75) is 37.8 Å². The molecule has 0 amide bonds. The second-order valence-corrected chi connectivity index (χ2v) is 5.42. The van der Waals surface area contributed by atoms with E-state index in [0.717, 1.165) is 25.4 Å². The van der Waals surface area contributed by atoms with Gasteiger partial charge in [-0.2, -0.15) is 5.26 Å². The Bertz CT molecular complexity index is 507. The Hall–Kier alpha value is -1.60. The number of ether oxygens (including phenoxy) is 1. The highest BCUT2D eigenvalue weighted by Gasteiger charge is 2.35. The zero-order valence-electron chi connectivity index (χ0n) is 10.7. The summed E-state index contributed by atoms with van der Waals surface area (Å²) in [5.74, 6) is 0.365. The molecule has 2 fully saturated rings. The minimum Gasteiger partial charge on any atom is -0.380 e. The van der Waals surface area contributed by atoms with Gasteiger partial charge in [-0.1, -0.05) is 0 Å². The second kappa shape index (κ2) is 5.18. The van der Waals surface area contributed by atoms with Gasteiger partial charge in [-0.25, -0.2) is 4.39 Å². The molecule has 0 bridgehead atoms. The largest absolute Gasteiger partial charge is 0.380 e. The van der Waals surface area contributed by atoms with Crippen LogP contribution in [-0.4, -0.2) is 18.8 Å². The molecule has 2 atom stereocenters. The zero-order chi connectivity index (χ0) is 13.2. The average Bonchev–Trinajstić information content (AvgIpc) is 3.26. The van der Waals surface area contributed by atoms with Gasteiger partial charge in [0.1, 0.15) is 5.82 Å². The van der Waals surface area contributed by atoms with Crippen LogP contribution in [0.4, 0.5) is 10.1 Å². The minimum absolute atomic E-state index is 0.266. The molecule has 100 valence electrons. The van der Waals surface area contributed by atoms with Crippen molar-refractivity contribution < 1.29 is 9.13 Å².